The Morgan fingerprint density at radius 2 is 0.570 bits per heavy atom. The van der Waals surface area contributed by atoms with Crippen LogP contribution in [-0.4, -0.2) is 115 Å². The van der Waals surface area contributed by atoms with E-state index >= 15 is 0 Å². The van der Waals surface area contributed by atoms with Crippen molar-refractivity contribution in [2.24, 2.45) is 51.6 Å². The molecule has 0 saturated heterocycles. The fourth-order valence-corrected chi connectivity index (χ4v) is 15.6. The summed E-state index contributed by atoms with van der Waals surface area (Å²) in [6.45, 7) is 3.72. The third kappa shape index (κ3) is 28.5. The van der Waals surface area contributed by atoms with Crippen LogP contribution in [0.5, 0.6) is 5.75 Å². The number of halogens is 7. The number of rotatable bonds is 1. The van der Waals surface area contributed by atoms with Crippen LogP contribution >= 0.6 is 55.1 Å². The number of carbonyl (C=O) groups excluding carboxylic acids is 9. The molecule has 9 aromatic carbocycles. The number of hydrogen-bond acceptors (Lipinski definition) is 19. The Hall–Kier alpha value is -11.0. The van der Waals surface area contributed by atoms with Crippen molar-refractivity contribution in [3.8, 4) is 5.75 Å². The van der Waals surface area contributed by atoms with Crippen molar-refractivity contribution >= 4 is 159 Å². The molecule has 0 saturated carbocycles. The van der Waals surface area contributed by atoms with E-state index in [1.807, 2.05) is 104 Å². The Bertz CT molecular complexity index is 5120. The van der Waals surface area contributed by atoms with E-state index in [0.29, 0.717) is 103 Å². The SMILES string of the molecule is COc1ccc2c(c1)NC(=O)C(N)CC2.Cc1ccc2c(c1)CCC(N)C(=O)N2.Cc1ccc2c(c1F)NC(=O)C(N)CC2.NC1CCc2cc(Br)ccc2NC1=O.NC1CCc2cc(Cl)ccc2NC1=O.NC1CCc2cc(F)ccc2NC1=O.NC1CCc2ccc(Br)cc2NC1=O.NC1CCc2ccc(Cl)cc2NC1=O.NC1CCc2ccc(F)cc2NC1=O. The van der Waals surface area contributed by atoms with Gasteiger partial charge in [0.25, 0.3) is 0 Å². The van der Waals surface area contributed by atoms with Crippen LogP contribution in [-0.2, 0) is 101 Å². The molecule has 0 fully saturated rings. The molecule has 0 bridgehead atoms. The fraction of sp³-hybridized carbons (Fsp3) is 0.323. The van der Waals surface area contributed by atoms with Crippen molar-refractivity contribution in [2.75, 3.05) is 55.0 Å². The van der Waals surface area contributed by atoms with Gasteiger partial charge in [-0.15, -0.1) is 0 Å². The van der Waals surface area contributed by atoms with Crippen LogP contribution < -0.4 is 104 Å². The van der Waals surface area contributed by atoms with Gasteiger partial charge in [-0.05, 0) is 288 Å². The number of hydrogen-bond donors (Lipinski definition) is 18. The van der Waals surface area contributed by atoms with Crippen LogP contribution in [0.1, 0.15) is 119 Å². The summed E-state index contributed by atoms with van der Waals surface area (Å²) in [5, 5.41) is 25.9. The monoisotopic (exact) mass is 1920 g/mol. The van der Waals surface area contributed by atoms with Crippen molar-refractivity contribution in [1.29, 1.82) is 0 Å². The predicted molar refractivity (Wildman–Crippen MR) is 504 cm³/mol. The van der Waals surface area contributed by atoms with E-state index < -0.39 is 36.3 Å². The maximum Gasteiger partial charge on any atom is 0.241 e. The number of anilines is 9. The molecule has 9 aliphatic heterocycles. The Kier molecular flexibility index (Phi) is 36.3. The van der Waals surface area contributed by atoms with Gasteiger partial charge in [-0.1, -0.05) is 109 Å². The normalized spacial score (nSPS) is 20.8. The van der Waals surface area contributed by atoms with Gasteiger partial charge in [0.05, 0.1) is 67.2 Å². The summed E-state index contributed by atoms with van der Waals surface area (Å²) in [6.07, 6.45) is 12.8. The first kappa shape index (κ1) is 99.1. The first-order valence-corrected chi connectivity index (χ1v) is 44.1. The van der Waals surface area contributed by atoms with E-state index in [-0.39, 0.29) is 88.7 Å². The summed E-state index contributed by atoms with van der Waals surface area (Å²) < 4.78 is 46.5. The number of amides is 9. The number of aryl methyl sites for hydroxylation is 11. The Morgan fingerprint density at radius 1 is 0.289 bits per heavy atom. The van der Waals surface area contributed by atoms with E-state index in [4.69, 9.17) is 79.5 Å². The largest absolute Gasteiger partial charge is 0.497 e. The molecule has 128 heavy (non-hydrogen) atoms. The maximum absolute atomic E-state index is 13.7. The molecule has 0 spiro atoms. The second-order valence-corrected chi connectivity index (χ2v) is 34.6. The van der Waals surface area contributed by atoms with E-state index in [1.54, 1.807) is 44.4 Å². The molecule has 28 nitrogen and oxygen atoms in total. The zero-order chi connectivity index (χ0) is 92.7. The number of benzene rings is 9. The smallest absolute Gasteiger partial charge is 0.241 e. The van der Waals surface area contributed by atoms with Crippen LogP contribution in [0, 0.1) is 31.3 Å². The highest BCUT2D eigenvalue weighted by Gasteiger charge is 2.29. The van der Waals surface area contributed by atoms with Crippen LogP contribution in [0.15, 0.2) is 167 Å². The summed E-state index contributed by atoms with van der Waals surface area (Å²) in [4.78, 5) is 103. The van der Waals surface area contributed by atoms with Crippen LogP contribution in [0.2, 0.25) is 10.0 Å². The molecule has 9 heterocycles. The lowest BCUT2D eigenvalue weighted by Crippen LogP contribution is -2.34. The first-order valence-electron chi connectivity index (χ1n) is 41.8. The van der Waals surface area contributed by atoms with Crippen LogP contribution in [0.4, 0.5) is 64.4 Å². The first-order chi connectivity index (χ1) is 60.9. The van der Waals surface area contributed by atoms with E-state index in [9.17, 15) is 56.3 Å². The molecule has 9 aliphatic rings. The summed E-state index contributed by atoms with van der Waals surface area (Å²) in [7, 11) is 1.60. The summed E-state index contributed by atoms with van der Waals surface area (Å²) in [5.74, 6) is -1.63. The maximum atomic E-state index is 13.7. The summed E-state index contributed by atoms with van der Waals surface area (Å²) >= 11 is 18.5. The zero-order valence-corrected chi connectivity index (χ0v) is 75.5. The highest BCUT2D eigenvalue weighted by molar-refractivity contribution is 9.10. The molecular formula is C93H107Br2Cl2F3N18O10. The second kappa shape index (κ2) is 46.8. The van der Waals surface area contributed by atoms with Gasteiger partial charge in [0.15, 0.2) is 0 Å². The van der Waals surface area contributed by atoms with Gasteiger partial charge in [0.2, 0.25) is 53.2 Å². The predicted octanol–water partition coefficient (Wildman–Crippen LogP) is 12.0. The minimum Gasteiger partial charge on any atom is -0.497 e. The number of carbonyl (C=O) groups is 9. The molecular weight excluding hydrogens is 1820 g/mol. The average molecular weight is 1920 g/mol. The van der Waals surface area contributed by atoms with Gasteiger partial charge < -0.3 is 104 Å². The molecule has 9 unspecified atom stereocenters. The van der Waals surface area contributed by atoms with Gasteiger partial charge >= 0.3 is 0 Å². The van der Waals surface area contributed by atoms with Crippen LogP contribution in [0.25, 0.3) is 0 Å². The van der Waals surface area contributed by atoms with Crippen LogP contribution in [0.3, 0.4) is 0 Å². The Morgan fingerprint density at radius 3 is 1.02 bits per heavy atom. The highest BCUT2D eigenvalue weighted by atomic mass is 79.9. The third-order valence-corrected chi connectivity index (χ3v) is 23.7. The van der Waals surface area contributed by atoms with Gasteiger partial charge in [0.1, 0.15) is 23.2 Å². The van der Waals surface area contributed by atoms with Crippen molar-refractivity contribution in [3.63, 3.8) is 0 Å². The number of ether oxygens (including phenoxy) is 1. The highest BCUT2D eigenvalue weighted by Crippen LogP contribution is 2.34. The number of nitrogens with one attached hydrogen (secondary N) is 9. The molecule has 9 aromatic rings. The van der Waals surface area contributed by atoms with Gasteiger partial charge in [-0.3, -0.25) is 43.2 Å². The molecule has 35 heteroatoms. The third-order valence-electron chi connectivity index (χ3n) is 22.3. The van der Waals surface area contributed by atoms with Gasteiger partial charge in [-0.25, -0.2) is 13.2 Å². The Labute approximate surface area is 767 Å². The summed E-state index contributed by atoms with van der Waals surface area (Å²) in [5.41, 5.74) is 68.5. The number of fused-ring (bicyclic) bond motifs is 9. The van der Waals surface area contributed by atoms with Gasteiger partial charge in [-0.2, -0.15) is 0 Å². The lowest BCUT2D eigenvalue weighted by atomic mass is 10.0. The van der Waals surface area contributed by atoms with Crippen molar-refractivity contribution < 1.29 is 61.1 Å². The molecule has 9 amide bonds. The van der Waals surface area contributed by atoms with Crippen molar-refractivity contribution in [3.05, 3.63) is 255 Å². The summed E-state index contributed by atoms with van der Waals surface area (Å²) in [6, 6.07) is 42.8. The molecule has 0 aliphatic carbocycles. The quantitative estimate of drug-likeness (QED) is 0.0726. The minimum absolute atomic E-state index is 0.0763. The molecule has 9 atom stereocenters. The number of methoxy groups -OCH3 is 1. The lowest BCUT2D eigenvalue weighted by molar-refractivity contribution is -0.118. The van der Waals surface area contributed by atoms with Crippen molar-refractivity contribution in [2.45, 2.75) is 184 Å². The number of nitrogens with two attached hydrogens (primary N) is 9. The molecule has 27 N–H and O–H groups in total. The zero-order valence-electron chi connectivity index (χ0n) is 70.9. The minimum atomic E-state index is -0.544. The molecule has 0 aromatic heterocycles. The Balaban J connectivity index is 0.000000150. The van der Waals surface area contributed by atoms with Gasteiger partial charge in [0, 0.05) is 70.6 Å². The second-order valence-electron chi connectivity index (χ2n) is 31.9. The fourth-order valence-electron chi connectivity index (χ4n) is 14.5. The topological polar surface area (TPSA) is 505 Å². The van der Waals surface area contributed by atoms with E-state index in [0.717, 1.165) is 138 Å². The van der Waals surface area contributed by atoms with E-state index in [2.05, 4.69) is 85.8 Å². The standard InChI is InChI=1S/C11H13FN2O.C11H14N2O2.C11H14N2O.2C10H11BrN2O.2C10H11ClN2O.2C10H11FN2O/c1-6-2-3-7-4-5-8(13)11(15)14-10(7)9(6)12;1-15-8-4-2-7-3-5-9(12)11(14)13-10(7)6-8;1-7-2-5-10-8(6-7)3-4-9(12)11(14)13-10;11-7-2-4-9-6(5-7)1-3-8(12)10(14)13-9;11-7-3-1-6-2-4-8(12)10(14)13-9(6)5-7;11-7-2-4-9-6(5-7)1-3-8(12)10(14)13-9;11-7-3-1-6-2-4-8(12)10(14)13-9(6)5-7;11-7-2-4-9-6(5-7)1-3-8(12)10(14)13-9;11-7-3-1-6-2-4-8(12)10(14)13-9(6)5-7/h2-3,8H,4-5,13H2,1H3,(H,14,15);2,4,6,9H,3,5,12H2,1H3,(H,13,14);2,5-6,9H,3-4,12H2,1H3,(H,13,14);2,4-5,8H,1,3,12H2,(H,13,14);1,3,5,8H,2,4,12H2,(H,13,14);2,4-5,8H,1,3,12H2,(H,13,14);1,3,5,8H,2,4,12H2,(H,13,14);2,4-5,8H,1,3,12H2,(H,13,14);1,3,5,8H,2,4,12H2,(H,13,14). The average Bonchev–Trinajstić information content (AvgIpc) is 1.62. The lowest BCUT2D eigenvalue weighted by Gasteiger charge is -2.09. The van der Waals surface area contributed by atoms with Crippen molar-refractivity contribution in [1.82, 2.24) is 0 Å². The molecule has 678 valence electrons. The molecule has 0 radical (unpaired) electrons. The molecule has 18 rings (SSSR count). The van der Waals surface area contributed by atoms with E-state index in [1.165, 1.54) is 35.4 Å².